The highest BCUT2D eigenvalue weighted by Crippen LogP contribution is 2.48. The predicted octanol–water partition coefficient (Wildman–Crippen LogP) is 6.00. The summed E-state index contributed by atoms with van der Waals surface area (Å²) in [6.07, 6.45) is 2.26. The number of hydrogen-bond acceptors (Lipinski definition) is 8. The van der Waals surface area contributed by atoms with Crippen molar-refractivity contribution >= 4 is 45.0 Å². The van der Waals surface area contributed by atoms with E-state index in [1.165, 1.54) is 6.07 Å². The lowest BCUT2D eigenvalue weighted by molar-refractivity contribution is -0.138. The normalized spacial score (nSPS) is 21.0. The van der Waals surface area contributed by atoms with Gasteiger partial charge in [-0.05, 0) is 64.5 Å². The molecule has 250 valence electrons. The van der Waals surface area contributed by atoms with Crippen LogP contribution in [0.1, 0.15) is 64.7 Å². The molecular formula is C31H30Cl2N8O6S. The molecule has 1 aromatic heterocycles. The van der Waals surface area contributed by atoms with Crippen LogP contribution in [0.2, 0.25) is 10.0 Å². The van der Waals surface area contributed by atoms with Crippen molar-refractivity contribution in [2.24, 2.45) is 5.11 Å². The van der Waals surface area contributed by atoms with Gasteiger partial charge in [0.05, 0.1) is 18.6 Å². The molecule has 3 N–H and O–H groups in total. The number of aromatic nitrogens is 2. The molecule has 0 bridgehead atoms. The van der Waals surface area contributed by atoms with Gasteiger partial charge in [0.15, 0.2) is 0 Å². The molecule has 0 unspecified atom stereocenters. The third kappa shape index (κ3) is 7.06. The molecule has 3 aromatic carbocycles. The number of benzene rings is 3. The van der Waals surface area contributed by atoms with Crippen LogP contribution in [0.25, 0.3) is 21.8 Å². The van der Waals surface area contributed by atoms with E-state index in [1.54, 1.807) is 41.3 Å². The molecule has 4 aromatic rings. The SMILES string of the molecule is [N-]=[N+]=NCS(=O)(=O)N[C@H]1CCCC[C@@H]1N1C(=O)c2ccccc2[C@@H](C(=O)NOCc2cccc(-c3no[nH]3)c2)[C@@H]1c1ccc(Cl)cc1Cl. The molecule has 0 spiro atoms. The zero-order valence-corrected chi connectivity index (χ0v) is 27.6. The van der Waals surface area contributed by atoms with E-state index < -0.39 is 45.9 Å². The van der Waals surface area contributed by atoms with Gasteiger partial charge in [0, 0.05) is 38.2 Å². The van der Waals surface area contributed by atoms with E-state index >= 15 is 0 Å². The van der Waals surface area contributed by atoms with Gasteiger partial charge < -0.3 is 4.90 Å². The maximum Gasteiger partial charge on any atom is 0.255 e. The van der Waals surface area contributed by atoms with Crippen LogP contribution in [0.5, 0.6) is 0 Å². The smallest absolute Gasteiger partial charge is 0.255 e. The summed E-state index contributed by atoms with van der Waals surface area (Å²) in [5, 5.41) is 10.2. The number of H-pyrrole nitrogens is 1. The molecule has 0 saturated heterocycles. The zero-order valence-electron chi connectivity index (χ0n) is 25.3. The van der Waals surface area contributed by atoms with E-state index in [0.29, 0.717) is 53.2 Å². The van der Waals surface area contributed by atoms with Gasteiger partial charge in [-0.2, -0.15) is 5.16 Å². The van der Waals surface area contributed by atoms with Crippen molar-refractivity contribution in [1.29, 1.82) is 0 Å². The zero-order chi connectivity index (χ0) is 33.8. The maximum atomic E-state index is 14.5. The second-order valence-corrected chi connectivity index (χ2v) is 14.1. The number of azide groups is 1. The fourth-order valence-corrected chi connectivity index (χ4v) is 8.02. The second-order valence-electron chi connectivity index (χ2n) is 11.5. The second kappa shape index (κ2) is 14.4. The first kappa shape index (κ1) is 33.5. The molecule has 1 saturated carbocycles. The number of nitrogens with zero attached hydrogens (tertiary/aromatic N) is 5. The Labute approximate surface area is 285 Å². The Hall–Kier alpha value is -4.37. The van der Waals surface area contributed by atoms with Crippen LogP contribution in [0.15, 0.2) is 76.5 Å². The first-order chi connectivity index (χ1) is 23.2. The first-order valence-corrected chi connectivity index (χ1v) is 17.5. The number of aromatic amines is 1. The van der Waals surface area contributed by atoms with Gasteiger partial charge in [0.25, 0.3) is 11.8 Å². The fourth-order valence-electron chi connectivity index (χ4n) is 6.49. The Bertz CT molecular complexity index is 1970. The van der Waals surface area contributed by atoms with E-state index in [4.69, 9.17) is 33.6 Å². The van der Waals surface area contributed by atoms with Gasteiger partial charge in [-0.3, -0.25) is 19.1 Å². The Morgan fingerprint density at radius 1 is 1.10 bits per heavy atom. The molecule has 14 nitrogen and oxygen atoms in total. The number of fused-ring (bicyclic) bond motifs is 1. The third-order valence-corrected chi connectivity index (χ3v) is 10.2. The number of carbonyl (C=O) groups is 2. The quantitative estimate of drug-likeness (QED) is 0.0733. The number of amides is 2. The Morgan fingerprint density at radius 3 is 2.65 bits per heavy atom. The number of nitrogens with one attached hydrogen (secondary N) is 3. The van der Waals surface area contributed by atoms with E-state index in [9.17, 15) is 18.0 Å². The highest BCUT2D eigenvalue weighted by Gasteiger charge is 2.49. The number of rotatable bonds is 11. The molecule has 2 amide bonds. The lowest BCUT2D eigenvalue weighted by atomic mass is 9.76. The van der Waals surface area contributed by atoms with Gasteiger partial charge in [-0.25, -0.2) is 18.6 Å². The highest BCUT2D eigenvalue weighted by atomic mass is 35.5. The number of hydrogen-bond donors (Lipinski definition) is 3. The minimum absolute atomic E-state index is 0.0226. The molecular weight excluding hydrogens is 683 g/mol. The monoisotopic (exact) mass is 712 g/mol. The van der Waals surface area contributed by atoms with Crippen LogP contribution < -0.4 is 10.2 Å². The molecule has 1 fully saturated rings. The molecule has 6 rings (SSSR count). The van der Waals surface area contributed by atoms with Crippen molar-refractivity contribution in [3.63, 3.8) is 0 Å². The molecule has 2 heterocycles. The highest BCUT2D eigenvalue weighted by molar-refractivity contribution is 7.89. The van der Waals surface area contributed by atoms with Gasteiger partial charge in [0.1, 0.15) is 5.88 Å². The van der Waals surface area contributed by atoms with Crippen LogP contribution in [-0.4, -0.2) is 53.4 Å². The van der Waals surface area contributed by atoms with E-state index in [1.807, 2.05) is 24.3 Å². The molecule has 4 atom stereocenters. The lowest BCUT2D eigenvalue weighted by Crippen LogP contribution is -2.59. The molecule has 48 heavy (non-hydrogen) atoms. The molecule has 2 aliphatic rings. The van der Waals surface area contributed by atoms with Crippen molar-refractivity contribution in [3.8, 4) is 11.4 Å². The summed E-state index contributed by atoms with van der Waals surface area (Å²) in [6.45, 7) is 0.0226. The first-order valence-electron chi connectivity index (χ1n) is 15.0. The largest absolute Gasteiger partial charge is 0.326 e. The lowest BCUT2D eigenvalue weighted by Gasteiger charge is -2.49. The van der Waals surface area contributed by atoms with E-state index in [0.717, 1.165) is 11.1 Å². The van der Waals surface area contributed by atoms with Gasteiger partial charge in [-0.1, -0.05) is 83.6 Å². The summed E-state index contributed by atoms with van der Waals surface area (Å²) < 4.78 is 33.1. The average Bonchev–Trinajstić information content (AvgIpc) is 3.04. The summed E-state index contributed by atoms with van der Waals surface area (Å²) in [5.74, 6) is -2.17. The van der Waals surface area contributed by atoms with Crippen molar-refractivity contribution in [2.75, 3.05) is 5.88 Å². The summed E-state index contributed by atoms with van der Waals surface area (Å²) in [4.78, 5) is 38.6. The van der Waals surface area contributed by atoms with Crippen molar-refractivity contribution in [1.82, 2.24) is 25.4 Å². The molecule has 1 aliphatic carbocycles. The van der Waals surface area contributed by atoms with Gasteiger partial charge in [-0.15, -0.1) is 0 Å². The Balaban J connectivity index is 1.37. The van der Waals surface area contributed by atoms with Crippen LogP contribution in [0.3, 0.4) is 0 Å². The topological polar surface area (TPSA) is 195 Å². The number of halogens is 2. The summed E-state index contributed by atoms with van der Waals surface area (Å²) in [7, 11) is -4.03. The average molecular weight is 714 g/mol. The Kier molecular flexibility index (Phi) is 10.1. The molecule has 0 radical (unpaired) electrons. The number of sulfonamides is 1. The third-order valence-electron chi connectivity index (χ3n) is 8.54. The van der Waals surface area contributed by atoms with Crippen molar-refractivity contribution in [3.05, 3.63) is 109 Å². The summed E-state index contributed by atoms with van der Waals surface area (Å²) in [5.41, 5.74) is 14.0. The number of hydroxylamine groups is 1. The maximum absolute atomic E-state index is 14.5. The van der Waals surface area contributed by atoms with Crippen LogP contribution in [0, 0.1) is 0 Å². The number of carbonyl (C=O) groups excluding carboxylic acids is 2. The van der Waals surface area contributed by atoms with Gasteiger partial charge >= 0.3 is 0 Å². The van der Waals surface area contributed by atoms with E-state index in [-0.39, 0.29) is 17.5 Å². The summed E-state index contributed by atoms with van der Waals surface area (Å²) >= 11 is 13.1. The Morgan fingerprint density at radius 2 is 1.90 bits per heavy atom. The fraction of sp³-hybridized carbons (Fsp3) is 0.323. The molecule has 17 heteroatoms. The van der Waals surface area contributed by atoms with Gasteiger partial charge in [0.2, 0.25) is 15.8 Å². The predicted molar refractivity (Wildman–Crippen MR) is 176 cm³/mol. The van der Waals surface area contributed by atoms with Crippen LogP contribution >= 0.6 is 23.2 Å². The standard InChI is InChI=1S/C31H30Cl2N8O6S/c32-20-12-13-23(24(33)15-20)28-27(30(42)38-46-16-18-6-5-7-19(14-18)29-36-47-37-29)21-8-1-2-9-22(21)31(43)41(28)26-11-4-3-10-25(26)39-48(44,45)17-35-40-34/h1-2,5-9,12-15,25-28,39H,3-4,10-11,16-17H2,(H,36,37)(H,38,42)/t25-,26-,27+,28-/m0/s1. The van der Waals surface area contributed by atoms with E-state index in [2.05, 4.69) is 35.2 Å². The molecule has 1 aliphatic heterocycles. The summed E-state index contributed by atoms with van der Waals surface area (Å²) in [6, 6.07) is 16.6. The van der Waals surface area contributed by atoms with Crippen LogP contribution in [-0.2, 0) is 26.3 Å². The van der Waals surface area contributed by atoms with Crippen molar-refractivity contribution < 1.29 is 27.5 Å². The van der Waals surface area contributed by atoms with Crippen LogP contribution in [0.4, 0.5) is 0 Å². The minimum atomic E-state index is -4.03. The minimum Gasteiger partial charge on any atom is -0.326 e. The van der Waals surface area contributed by atoms with Crippen molar-refractivity contribution in [2.45, 2.75) is 56.3 Å².